The van der Waals surface area contributed by atoms with E-state index in [2.05, 4.69) is 17.2 Å². The van der Waals surface area contributed by atoms with Gasteiger partial charge in [-0.15, -0.1) is 0 Å². The highest BCUT2D eigenvalue weighted by atomic mass is 16.5. The number of aromatic nitrogens is 2. The van der Waals surface area contributed by atoms with Crippen molar-refractivity contribution in [1.82, 2.24) is 19.8 Å². The Morgan fingerprint density at radius 1 is 1.34 bits per heavy atom. The topological polar surface area (TPSA) is 76.5 Å². The molecular formula is C22H28N4O3. The van der Waals surface area contributed by atoms with E-state index in [1.54, 1.807) is 12.3 Å². The zero-order chi connectivity index (χ0) is 20.4. The molecule has 154 valence electrons. The van der Waals surface area contributed by atoms with Crippen molar-refractivity contribution in [2.75, 3.05) is 13.2 Å². The molecular weight excluding hydrogens is 368 g/mol. The molecule has 29 heavy (non-hydrogen) atoms. The average molecular weight is 396 g/mol. The van der Waals surface area contributed by atoms with Crippen LogP contribution in [0.2, 0.25) is 0 Å². The van der Waals surface area contributed by atoms with Crippen LogP contribution in [0.5, 0.6) is 0 Å². The van der Waals surface area contributed by atoms with E-state index < -0.39 is 0 Å². The van der Waals surface area contributed by atoms with Crippen LogP contribution in [0.1, 0.15) is 71.4 Å². The van der Waals surface area contributed by atoms with Gasteiger partial charge in [-0.25, -0.2) is 0 Å². The first-order valence-electron chi connectivity index (χ1n) is 10.4. The number of nitrogens with one attached hydrogen (secondary N) is 1. The van der Waals surface area contributed by atoms with Crippen LogP contribution >= 0.6 is 0 Å². The maximum Gasteiger partial charge on any atom is 0.270 e. The summed E-state index contributed by atoms with van der Waals surface area (Å²) in [6.07, 6.45) is 4.51. The molecule has 0 radical (unpaired) electrons. The van der Waals surface area contributed by atoms with E-state index in [1.807, 2.05) is 34.6 Å². The molecule has 2 amide bonds. The van der Waals surface area contributed by atoms with Crippen molar-refractivity contribution >= 4 is 11.8 Å². The Bertz CT molecular complexity index is 893. The summed E-state index contributed by atoms with van der Waals surface area (Å²) in [7, 11) is 0. The van der Waals surface area contributed by atoms with Crippen LogP contribution in [-0.4, -0.2) is 45.5 Å². The highest BCUT2D eigenvalue weighted by Gasteiger charge is 2.32. The third-order valence-electron chi connectivity index (χ3n) is 5.94. The van der Waals surface area contributed by atoms with Crippen molar-refractivity contribution in [1.29, 1.82) is 0 Å². The first kappa shape index (κ1) is 19.6. The molecule has 7 heteroatoms. The third-order valence-corrected chi connectivity index (χ3v) is 5.94. The predicted octanol–water partition coefficient (Wildman–Crippen LogP) is 2.92. The number of hydrogen-bond donors (Lipinski definition) is 1. The second-order valence-electron chi connectivity index (χ2n) is 7.77. The molecule has 0 bridgehead atoms. The number of nitrogens with zero attached hydrogens (tertiary/aromatic N) is 3. The molecule has 1 fully saturated rings. The Hall–Kier alpha value is -2.67. The number of likely N-dealkylation sites (tertiary alicyclic amines) is 1. The lowest BCUT2D eigenvalue weighted by Gasteiger charge is -2.24. The first-order chi connectivity index (χ1) is 14.1. The van der Waals surface area contributed by atoms with Gasteiger partial charge in [0.05, 0.1) is 36.2 Å². The van der Waals surface area contributed by atoms with Crippen LogP contribution in [0.15, 0.2) is 30.5 Å². The predicted molar refractivity (Wildman–Crippen MR) is 109 cm³/mol. The second kappa shape index (κ2) is 8.37. The van der Waals surface area contributed by atoms with Gasteiger partial charge in [0, 0.05) is 25.3 Å². The molecule has 1 saturated heterocycles. The summed E-state index contributed by atoms with van der Waals surface area (Å²) in [5, 5.41) is 3.08. The van der Waals surface area contributed by atoms with E-state index in [4.69, 9.17) is 4.74 Å². The van der Waals surface area contributed by atoms with E-state index in [0.717, 1.165) is 37.2 Å². The minimum atomic E-state index is -0.190. The summed E-state index contributed by atoms with van der Waals surface area (Å²) in [5.74, 6) is -0.181. The van der Waals surface area contributed by atoms with Crippen molar-refractivity contribution in [2.45, 2.75) is 58.3 Å². The average Bonchev–Trinajstić information content (AvgIpc) is 3.36. The number of carbonyl (C=O) groups excluding carboxylic acids is 2. The Balaban J connectivity index is 1.62. The molecule has 0 aromatic carbocycles. The quantitative estimate of drug-likeness (QED) is 0.843. The Labute approximate surface area is 171 Å². The van der Waals surface area contributed by atoms with E-state index in [0.29, 0.717) is 31.0 Å². The number of ether oxygens (including phenoxy) is 1. The molecule has 1 N–H and O–H groups in total. The van der Waals surface area contributed by atoms with Crippen LogP contribution in [0, 0.1) is 0 Å². The molecule has 0 saturated carbocycles. The maximum atomic E-state index is 13.2. The van der Waals surface area contributed by atoms with Crippen LogP contribution in [0.25, 0.3) is 0 Å². The fourth-order valence-corrected chi connectivity index (χ4v) is 4.28. The van der Waals surface area contributed by atoms with Gasteiger partial charge in [-0.2, -0.15) is 0 Å². The Morgan fingerprint density at radius 3 is 2.90 bits per heavy atom. The van der Waals surface area contributed by atoms with Crippen molar-refractivity contribution in [3.05, 3.63) is 53.1 Å². The summed E-state index contributed by atoms with van der Waals surface area (Å²) in [5.41, 5.74) is 2.72. The minimum absolute atomic E-state index is 0.00830. The van der Waals surface area contributed by atoms with Gasteiger partial charge in [-0.3, -0.25) is 14.6 Å². The van der Waals surface area contributed by atoms with Gasteiger partial charge in [-0.1, -0.05) is 13.0 Å². The third kappa shape index (κ3) is 3.79. The van der Waals surface area contributed by atoms with Crippen LogP contribution < -0.4 is 5.32 Å². The Kier molecular flexibility index (Phi) is 5.67. The van der Waals surface area contributed by atoms with Crippen LogP contribution in [0.3, 0.4) is 0 Å². The molecule has 4 heterocycles. The van der Waals surface area contributed by atoms with Gasteiger partial charge < -0.3 is 19.5 Å². The number of fused-ring (bicyclic) bond motifs is 1. The largest absolute Gasteiger partial charge is 0.373 e. The van der Waals surface area contributed by atoms with E-state index >= 15 is 0 Å². The van der Waals surface area contributed by atoms with Crippen molar-refractivity contribution in [3.63, 3.8) is 0 Å². The SMILES string of the molecule is CC[C@@H](NC(=O)c1cc(C(=O)N2CCC[C@@H]2C)n2c1COCC2)c1ccccn1. The molecule has 0 unspecified atom stereocenters. The van der Waals surface area contributed by atoms with E-state index in [1.165, 1.54) is 0 Å². The fourth-order valence-electron chi connectivity index (χ4n) is 4.28. The van der Waals surface area contributed by atoms with Crippen LogP contribution in [0.4, 0.5) is 0 Å². The zero-order valence-corrected chi connectivity index (χ0v) is 17.1. The van der Waals surface area contributed by atoms with E-state index in [-0.39, 0.29) is 23.9 Å². The molecule has 2 aromatic heterocycles. The zero-order valence-electron chi connectivity index (χ0n) is 17.1. The van der Waals surface area contributed by atoms with E-state index in [9.17, 15) is 9.59 Å². The molecule has 2 atom stereocenters. The molecule has 2 aliphatic heterocycles. The molecule has 2 aliphatic rings. The van der Waals surface area contributed by atoms with Crippen molar-refractivity contribution in [2.24, 2.45) is 0 Å². The van der Waals surface area contributed by atoms with Gasteiger partial charge in [0.15, 0.2) is 0 Å². The number of hydrogen-bond acceptors (Lipinski definition) is 4. The number of rotatable bonds is 5. The normalized spacial score (nSPS) is 19.7. The molecule has 0 spiro atoms. The molecule has 2 aromatic rings. The highest BCUT2D eigenvalue weighted by Crippen LogP contribution is 2.26. The summed E-state index contributed by atoms with van der Waals surface area (Å²) in [6, 6.07) is 7.49. The number of amides is 2. The summed E-state index contributed by atoms with van der Waals surface area (Å²) in [4.78, 5) is 32.6. The summed E-state index contributed by atoms with van der Waals surface area (Å²) < 4.78 is 7.57. The van der Waals surface area contributed by atoms with Gasteiger partial charge in [-0.05, 0) is 44.4 Å². The summed E-state index contributed by atoms with van der Waals surface area (Å²) in [6.45, 7) is 6.34. The van der Waals surface area contributed by atoms with Gasteiger partial charge in [0.1, 0.15) is 5.69 Å². The van der Waals surface area contributed by atoms with Crippen molar-refractivity contribution < 1.29 is 14.3 Å². The lowest BCUT2D eigenvalue weighted by atomic mass is 10.1. The number of pyridine rings is 1. The smallest absolute Gasteiger partial charge is 0.270 e. The highest BCUT2D eigenvalue weighted by molar-refractivity contribution is 6.01. The maximum absolute atomic E-state index is 13.2. The first-order valence-corrected chi connectivity index (χ1v) is 10.4. The lowest BCUT2D eigenvalue weighted by Crippen LogP contribution is -2.35. The monoisotopic (exact) mass is 396 g/mol. The summed E-state index contributed by atoms with van der Waals surface area (Å²) >= 11 is 0. The van der Waals surface area contributed by atoms with Crippen LogP contribution in [-0.2, 0) is 17.9 Å². The standard InChI is InChI=1S/C22H28N4O3/c1-3-17(18-8-4-5-9-23-18)24-21(27)16-13-19(26-11-12-29-14-20(16)26)22(28)25-10-6-7-15(25)2/h4-5,8-9,13,15,17H,3,6-7,10-12,14H2,1-2H3,(H,24,27)/t15-,17+/m0/s1. The number of carbonyl (C=O) groups is 2. The minimum Gasteiger partial charge on any atom is -0.373 e. The van der Waals surface area contributed by atoms with Gasteiger partial charge in [0.2, 0.25) is 0 Å². The molecule has 4 rings (SSSR count). The van der Waals surface area contributed by atoms with Crippen molar-refractivity contribution in [3.8, 4) is 0 Å². The Morgan fingerprint density at radius 2 is 2.21 bits per heavy atom. The molecule has 0 aliphatic carbocycles. The molecule has 7 nitrogen and oxygen atoms in total. The second-order valence-corrected chi connectivity index (χ2v) is 7.77. The van der Waals surface area contributed by atoms with Gasteiger partial charge >= 0.3 is 0 Å². The fraction of sp³-hybridized carbons (Fsp3) is 0.500. The van der Waals surface area contributed by atoms with Gasteiger partial charge in [0.25, 0.3) is 11.8 Å². The lowest BCUT2D eigenvalue weighted by molar-refractivity contribution is 0.0683.